The second-order valence-corrected chi connectivity index (χ2v) is 6.17. The van der Waals surface area contributed by atoms with Crippen molar-refractivity contribution < 1.29 is 19.9 Å². The van der Waals surface area contributed by atoms with E-state index in [1.165, 1.54) is 6.20 Å². The number of rotatable bonds is 4. The van der Waals surface area contributed by atoms with E-state index in [1.807, 2.05) is 6.07 Å². The number of aromatic nitrogens is 1. The number of pyridine rings is 1. The third-order valence-electron chi connectivity index (χ3n) is 4.46. The average molecular weight is 376 g/mol. The van der Waals surface area contributed by atoms with Crippen LogP contribution in [-0.4, -0.2) is 27.2 Å². The van der Waals surface area contributed by atoms with Crippen LogP contribution in [0.4, 0.5) is 11.4 Å². The summed E-state index contributed by atoms with van der Waals surface area (Å²) in [6.45, 7) is 0. The van der Waals surface area contributed by atoms with E-state index >= 15 is 0 Å². The summed E-state index contributed by atoms with van der Waals surface area (Å²) >= 11 is 0. The highest BCUT2D eigenvalue weighted by Gasteiger charge is 2.29. The molecule has 3 aromatic rings. The molecule has 8 heteroatoms. The molecule has 0 radical (unpaired) electrons. The van der Waals surface area contributed by atoms with Crippen molar-refractivity contribution in [1.82, 2.24) is 10.3 Å². The van der Waals surface area contributed by atoms with Gasteiger partial charge in [0.15, 0.2) is 6.04 Å². The lowest BCUT2D eigenvalue weighted by Crippen LogP contribution is -2.40. The molecule has 2 aromatic carbocycles. The molecule has 28 heavy (non-hydrogen) atoms. The molecule has 0 spiro atoms. The molecule has 0 bridgehead atoms. The number of hydroxylamine groups is 1. The van der Waals surface area contributed by atoms with E-state index in [4.69, 9.17) is 0 Å². The fourth-order valence-electron chi connectivity index (χ4n) is 3.10. The molecule has 2 heterocycles. The number of nitrogens with one attached hydrogen (secondary N) is 2. The number of benzene rings is 2. The van der Waals surface area contributed by atoms with E-state index in [-0.39, 0.29) is 5.70 Å². The van der Waals surface area contributed by atoms with Crippen LogP contribution in [0.1, 0.15) is 11.6 Å². The van der Waals surface area contributed by atoms with Gasteiger partial charge in [0.2, 0.25) is 0 Å². The molecule has 1 unspecified atom stereocenters. The Kier molecular flexibility index (Phi) is 4.38. The van der Waals surface area contributed by atoms with Crippen molar-refractivity contribution in [1.29, 1.82) is 0 Å². The first-order chi connectivity index (χ1) is 13.6. The van der Waals surface area contributed by atoms with Crippen LogP contribution in [0, 0.1) is 0 Å². The summed E-state index contributed by atoms with van der Waals surface area (Å²) in [6.07, 6.45) is 2.99. The van der Waals surface area contributed by atoms with Gasteiger partial charge in [-0.1, -0.05) is 30.3 Å². The van der Waals surface area contributed by atoms with Crippen LogP contribution in [0.25, 0.3) is 10.9 Å². The number of amides is 1. The summed E-state index contributed by atoms with van der Waals surface area (Å²) in [6, 6.07) is 14.1. The third kappa shape index (κ3) is 3.01. The van der Waals surface area contributed by atoms with Gasteiger partial charge < -0.3 is 15.7 Å². The van der Waals surface area contributed by atoms with Gasteiger partial charge in [-0.15, -0.1) is 0 Å². The molecule has 0 aliphatic carbocycles. The van der Waals surface area contributed by atoms with Crippen LogP contribution in [0.3, 0.4) is 0 Å². The summed E-state index contributed by atoms with van der Waals surface area (Å²) in [5, 5.41) is 27.0. The summed E-state index contributed by atoms with van der Waals surface area (Å²) in [4.78, 5) is 28.5. The Bertz CT molecular complexity index is 1100. The zero-order valence-electron chi connectivity index (χ0n) is 14.5. The molecule has 8 nitrogen and oxygen atoms in total. The maximum atomic E-state index is 12.7. The van der Waals surface area contributed by atoms with Crippen LogP contribution >= 0.6 is 0 Å². The minimum atomic E-state index is -1.25. The van der Waals surface area contributed by atoms with Crippen molar-refractivity contribution in [3.05, 3.63) is 78.3 Å². The van der Waals surface area contributed by atoms with Crippen molar-refractivity contribution in [2.24, 2.45) is 0 Å². The van der Waals surface area contributed by atoms with Gasteiger partial charge in [0.05, 0.1) is 16.9 Å². The van der Waals surface area contributed by atoms with Crippen molar-refractivity contribution in [2.75, 3.05) is 10.4 Å². The van der Waals surface area contributed by atoms with Gasteiger partial charge in [0.1, 0.15) is 5.70 Å². The van der Waals surface area contributed by atoms with E-state index in [2.05, 4.69) is 15.6 Å². The largest absolute Gasteiger partial charge is 0.479 e. The van der Waals surface area contributed by atoms with E-state index in [0.717, 1.165) is 16.0 Å². The number of carboxylic acid groups (broad SMARTS) is 1. The molecule has 4 N–H and O–H groups in total. The molecule has 1 aliphatic heterocycles. The maximum Gasteiger partial charge on any atom is 0.330 e. The first-order valence-electron chi connectivity index (χ1n) is 8.48. The highest BCUT2D eigenvalue weighted by molar-refractivity contribution is 6.05. The lowest BCUT2D eigenvalue weighted by molar-refractivity contribution is -0.141. The van der Waals surface area contributed by atoms with E-state index in [1.54, 1.807) is 54.7 Å². The van der Waals surface area contributed by atoms with E-state index in [0.29, 0.717) is 16.9 Å². The maximum absolute atomic E-state index is 12.7. The lowest BCUT2D eigenvalue weighted by Gasteiger charge is -2.28. The van der Waals surface area contributed by atoms with Crippen LogP contribution in [0.5, 0.6) is 0 Å². The quantitative estimate of drug-likeness (QED) is 0.553. The molecule has 1 atom stereocenters. The van der Waals surface area contributed by atoms with Gasteiger partial charge in [0, 0.05) is 17.8 Å². The fourth-order valence-corrected chi connectivity index (χ4v) is 3.10. The first-order valence-corrected chi connectivity index (χ1v) is 8.48. The first kappa shape index (κ1) is 17.5. The van der Waals surface area contributed by atoms with Crippen molar-refractivity contribution >= 4 is 34.2 Å². The van der Waals surface area contributed by atoms with Gasteiger partial charge in [-0.05, 0) is 29.8 Å². The Hall–Kier alpha value is -3.91. The molecule has 4 rings (SSSR count). The second-order valence-electron chi connectivity index (χ2n) is 6.17. The number of carboxylic acids is 1. The number of carbonyl (C=O) groups is 2. The van der Waals surface area contributed by atoms with E-state index in [9.17, 15) is 19.9 Å². The van der Waals surface area contributed by atoms with Gasteiger partial charge in [-0.25, -0.2) is 9.86 Å². The standard InChI is InChI=1S/C20H16N4O4/c25-19(23-17(20(26)27)12-5-2-1-3-6-12)16-11-22-18-13-7-4-10-21-14(13)8-9-15(18)24(16)28/h1-11,17,22,28H,(H,23,25)(H,26,27). The van der Waals surface area contributed by atoms with Crippen molar-refractivity contribution in [3.63, 3.8) is 0 Å². The zero-order valence-corrected chi connectivity index (χ0v) is 14.5. The summed E-state index contributed by atoms with van der Waals surface area (Å²) in [7, 11) is 0. The van der Waals surface area contributed by atoms with Gasteiger partial charge >= 0.3 is 5.97 Å². The van der Waals surface area contributed by atoms with Crippen LogP contribution in [0.15, 0.2) is 72.7 Å². The Balaban J connectivity index is 1.62. The molecule has 0 saturated carbocycles. The molecule has 0 saturated heterocycles. The number of fused-ring (bicyclic) bond motifs is 3. The highest BCUT2D eigenvalue weighted by Crippen LogP contribution is 2.37. The number of aliphatic carboxylic acids is 1. The van der Waals surface area contributed by atoms with Gasteiger partial charge in [0.25, 0.3) is 5.91 Å². The Morgan fingerprint density at radius 3 is 2.61 bits per heavy atom. The highest BCUT2D eigenvalue weighted by atomic mass is 16.5. The monoisotopic (exact) mass is 376 g/mol. The van der Waals surface area contributed by atoms with Gasteiger partial charge in [-0.2, -0.15) is 0 Å². The van der Waals surface area contributed by atoms with Crippen molar-refractivity contribution in [2.45, 2.75) is 6.04 Å². The van der Waals surface area contributed by atoms with Crippen LogP contribution in [-0.2, 0) is 9.59 Å². The summed E-state index contributed by atoms with van der Waals surface area (Å²) in [5.74, 6) is -1.94. The molecule has 1 aliphatic rings. The number of carbonyl (C=O) groups excluding carboxylic acids is 1. The molecule has 140 valence electrons. The lowest BCUT2D eigenvalue weighted by atomic mass is 10.1. The molecule has 1 amide bonds. The third-order valence-corrected chi connectivity index (χ3v) is 4.46. The molecular formula is C20H16N4O4. The minimum Gasteiger partial charge on any atom is -0.479 e. The number of anilines is 2. The topological polar surface area (TPSA) is 115 Å². The number of hydrogen-bond acceptors (Lipinski definition) is 6. The Labute approximate surface area is 159 Å². The predicted molar refractivity (Wildman–Crippen MR) is 103 cm³/mol. The predicted octanol–water partition coefficient (Wildman–Crippen LogP) is 2.64. The summed E-state index contributed by atoms with van der Waals surface area (Å²) in [5.41, 5.74) is 1.99. The number of nitrogens with zero attached hydrogens (tertiary/aromatic N) is 2. The minimum absolute atomic E-state index is 0.127. The Morgan fingerprint density at radius 2 is 1.86 bits per heavy atom. The van der Waals surface area contributed by atoms with E-state index < -0.39 is 17.9 Å². The van der Waals surface area contributed by atoms with Crippen LogP contribution < -0.4 is 15.7 Å². The van der Waals surface area contributed by atoms with Gasteiger partial charge in [-0.3, -0.25) is 15.0 Å². The smallest absolute Gasteiger partial charge is 0.330 e. The normalized spacial score (nSPS) is 13.9. The van der Waals surface area contributed by atoms with Crippen molar-refractivity contribution in [3.8, 4) is 0 Å². The Morgan fingerprint density at radius 1 is 1.07 bits per heavy atom. The SMILES string of the molecule is O=C(NC(C(=O)O)c1ccccc1)C1=CNc2c(ccc3ncccc23)N1O. The molecule has 0 fully saturated rings. The number of hydrogen-bond donors (Lipinski definition) is 4. The summed E-state index contributed by atoms with van der Waals surface area (Å²) < 4.78 is 0. The second kappa shape index (κ2) is 7.01. The average Bonchev–Trinajstić information content (AvgIpc) is 2.72. The molecule has 1 aromatic heterocycles. The van der Waals surface area contributed by atoms with Crippen LogP contribution in [0.2, 0.25) is 0 Å². The fraction of sp³-hybridized carbons (Fsp3) is 0.0500. The zero-order chi connectivity index (χ0) is 19.7. The molecular weight excluding hydrogens is 360 g/mol.